The van der Waals surface area contributed by atoms with Gasteiger partial charge in [-0.3, -0.25) is 9.59 Å². The molecule has 0 aliphatic carbocycles. The molecular formula is C28H39N3O5. The maximum Gasteiger partial charge on any atom is 0.408 e. The van der Waals surface area contributed by atoms with Gasteiger partial charge in [0.1, 0.15) is 17.7 Å². The van der Waals surface area contributed by atoms with Gasteiger partial charge in [0.2, 0.25) is 11.8 Å². The third-order valence-corrected chi connectivity index (χ3v) is 5.60. The number of aliphatic hydroxyl groups excluding tert-OH is 1. The van der Waals surface area contributed by atoms with Gasteiger partial charge in [-0.15, -0.1) is 0 Å². The summed E-state index contributed by atoms with van der Waals surface area (Å²) in [6.45, 7) is 10.7. The summed E-state index contributed by atoms with van der Waals surface area (Å²) in [6, 6.07) is 13.0. The first-order valence-electron chi connectivity index (χ1n) is 12.3. The van der Waals surface area contributed by atoms with Crippen LogP contribution in [-0.2, 0) is 20.9 Å². The van der Waals surface area contributed by atoms with E-state index in [4.69, 9.17) is 4.74 Å². The van der Waals surface area contributed by atoms with Crippen LogP contribution in [0.5, 0.6) is 0 Å². The Hall–Kier alpha value is -3.39. The van der Waals surface area contributed by atoms with Crippen molar-refractivity contribution in [2.75, 3.05) is 13.2 Å². The van der Waals surface area contributed by atoms with Crippen LogP contribution in [0.1, 0.15) is 62.4 Å². The van der Waals surface area contributed by atoms with Crippen LogP contribution in [0.2, 0.25) is 0 Å². The van der Waals surface area contributed by atoms with Gasteiger partial charge in [-0.1, -0.05) is 55.5 Å². The van der Waals surface area contributed by atoms with E-state index in [1.165, 1.54) is 4.90 Å². The Labute approximate surface area is 214 Å². The number of ether oxygens (including phenoxy) is 1. The summed E-state index contributed by atoms with van der Waals surface area (Å²) in [5.41, 5.74) is 2.61. The smallest absolute Gasteiger partial charge is 0.408 e. The molecule has 8 nitrogen and oxygen atoms in total. The molecule has 0 radical (unpaired) electrons. The molecule has 0 aliphatic rings. The first kappa shape index (κ1) is 28.8. The number of alkyl carbamates (subject to hydrolysis) is 1. The van der Waals surface area contributed by atoms with E-state index in [9.17, 15) is 19.5 Å². The SMILES string of the molecule is CCCN(C(=O)C(CO)NC(=O)OC(C)(C)C)C(C(=O)NCc1ccccc1)c1c(C)cccc1C. The largest absolute Gasteiger partial charge is 0.444 e. The molecule has 36 heavy (non-hydrogen) atoms. The summed E-state index contributed by atoms with van der Waals surface area (Å²) < 4.78 is 5.27. The summed E-state index contributed by atoms with van der Waals surface area (Å²) in [5, 5.41) is 15.4. The number of benzene rings is 2. The van der Waals surface area contributed by atoms with Gasteiger partial charge in [0.25, 0.3) is 0 Å². The molecule has 2 aromatic carbocycles. The van der Waals surface area contributed by atoms with Crippen LogP contribution >= 0.6 is 0 Å². The molecule has 3 N–H and O–H groups in total. The number of hydrogen-bond acceptors (Lipinski definition) is 5. The second-order valence-corrected chi connectivity index (χ2v) is 9.82. The first-order valence-corrected chi connectivity index (χ1v) is 12.3. The minimum Gasteiger partial charge on any atom is -0.444 e. The number of hydrogen-bond donors (Lipinski definition) is 3. The first-order chi connectivity index (χ1) is 17.0. The van der Waals surface area contributed by atoms with Gasteiger partial charge in [-0.05, 0) is 63.3 Å². The van der Waals surface area contributed by atoms with E-state index in [0.717, 1.165) is 22.3 Å². The quantitative estimate of drug-likeness (QED) is 0.463. The number of aryl methyl sites for hydroxylation is 2. The molecule has 0 heterocycles. The maximum atomic E-state index is 13.7. The molecule has 0 fully saturated rings. The molecule has 0 spiro atoms. The van der Waals surface area contributed by atoms with Crippen LogP contribution in [0.4, 0.5) is 4.79 Å². The number of rotatable bonds is 10. The topological polar surface area (TPSA) is 108 Å². The Balaban J connectivity index is 2.43. The number of carbonyl (C=O) groups excluding carboxylic acids is 3. The molecule has 2 unspecified atom stereocenters. The maximum absolute atomic E-state index is 13.7. The van der Waals surface area contributed by atoms with Gasteiger partial charge in [0.05, 0.1) is 6.61 Å². The second kappa shape index (κ2) is 13.1. The zero-order chi connectivity index (χ0) is 26.9. The van der Waals surface area contributed by atoms with E-state index in [-0.39, 0.29) is 12.5 Å². The fourth-order valence-electron chi connectivity index (χ4n) is 4.01. The molecule has 3 amide bonds. The number of nitrogens with zero attached hydrogens (tertiary/aromatic N) is 1. The molecule has 0 bridgehead atoms. The Morgan fingerprint density at radius 3 is 2.14 bits per heavy atom. The van der Waals surface area contributed by atoms with Crippen molar-refractivity contribution in [3.05, 3.63) is 70.8 Å². The van der Waals surface area contributed by atoms with E-state index < -0.39 is 36.3 Å². The molecule has 0 aliphatic heterocycles. The number of aliphatic hydroxyl groups is 1. The standard InChI is InChI=1S/C28H39N3O5/c1-7-16-31(26(34)22(18-32)30-27(35)36-28(4,5)6)24(23-19(2)12-11-13-20(23)3)25(33)29-17-21-14-9-8-10-15-21/h8-15,22,24,32H,7,16-18H2,1-6H3,(H,29,33)(H,30,35). The third-order valence-electron chi connectivity index (χ3n) is 5.60. The lowest BCUT2D eigenvalue weighted by atomic mass is 9.93. The Kier molecular flexibility index (Phi) is 10.5. The van der Waals surface area contributed by atoms with Crippen molar-refractivity contribution in [2.45, 2.75) is 72.2 Å². The molecule has 0 saturated carbocycles. The summed E-state index contributed by atoms with van der Waals surface area (Å²) in [7, 11) is 0. The van der Waals surface area contributed by atoms with Crippen molar-refractivity contribution < 1.29 is 24.2 Å². The minimum atomic E-state index is -1.26. The molecule has 2 rings (SSSR count). The molecule has 2 atom stereocenters. The number of amides is 3. The highest BCUT2D eigenvalue weighted by molar-refractivity contribution is 5.92. The van der Waals surface area contributed by atoms with Crippen molar-refractivity contribution in [1.29, 1.82) is 0 Å². The van der Waals surface area contributed by atoms with Crippen LogP contribution in [0.15, 0.2) is 48.5 Å². The minimum absolute atomic E-state index is 0.253. The van der Waals surface area contributed by atoms with Crippen LogP contribution < -0.4 is 10.6 Å². The lowest BCUT2D eigenvalue weighted by molar-refractivity contribution is -0.143. The van der Waals surface area contributed by atoms with E-state index in [1.54, 1.807) is 20.8 Å². The van der Waals surface area contributed by atoms with Crippen molar-refractivity contribution in [2.24, 2.45) is 0 Å². The van der Waals surface area contributed by atoms with E-state index >= 15 is 0 Å². The van der Waals surface area contributed by atoms with Gasteiger partial charge in [-0.2, -0.15) is 0 Å². The zero-order valence-corrected chi connectivity index (χ0v) is 22.1. The second-order valence-electron chi connectivity index (χ2n) is 9.82. The van der Waals surface area contributed by atoms with Gasteiger partial charge in [0.15, 0.2) is 0 Å². The summed E-state index contributed by atoms with van der Waals surface area (Å²) >= 11 is 0. The molecule has 0 aromatic heterocycles. The van der Waals surface area contributed by atoms with Crippen LogP contribution in [0.25, 0.3) is 0 Å². The lowest BCUT2D eigenvalue weighted by Crippen LogP contribution is -2.54. The Bertz CT molecular complexity index is 1010. The molecule has 8 heteroatoms. The average Bonchev–Trinajstić information content (AvgIpc) is 2.81. The molecular weight excluding hydrogens is 458 g/mol. The number of nitrogens with one attached hydrogen (secondary N) is 2. The Morgan fingerprint density at radius 1 is 1.00 bits per heavy atom. The highest BCUT2D eigenvalue weighted by Crippen LogP contribution is 2.29. The lowest BCUT2D eigenvalue weighted by Gasteiger charge is -2.35. The highest BCUT2D eigenvalue weighted by Gasteiger charge is 2.37. The van der Waals surface area contributed by atoms with Crippen molar-refractivity contribution >= 4 is 17.9 Å². The average molecular weight is 498 g/mol. The van der Waals surface area contributed by atoms with Crippen LogP contribution in [-0.4, -0.2) is 52.7 Å². The van der Waals surface area contributed by atoms with Gasteiger partial charge < -0.3 is 25.4 Å². The summed E-state index contributed by atoms with van der Waals surface area (Å²) in [5.74, 6) is -0.903. The monoisotopic (exact) mass is 497 g/mol. The normalized spacial score (nSPS) is 12.9. The predicted octanol–water partition coefficient (Wildman–Crippen LogP) is 3.79. The van der Waals surface area contributed by atoms with Crippen LogP contribution in [0.3, 0.4) is 0 Å². The van der Waals surface area contributed by atoms with E-state index in [1.807, 2.05) is 69.3 Å². The third kappa shape index (κ3) is 8.09. The number of carbonyl (C=O) groups is 3. The Morgan fingerprint density at radius 2 is 1.61 bits per heavy atom. The fraction of sp³-hybridized carbons (Fsp3) is 0.464. The van der Waals surface area contributed by atoms with E-state index in [0.29, 0.717) is 13.0 Å². The van der Waals surface area contributed by atoms with Crippen molar-refractivity contribution in [3.8, 4) is 0 Å². The zero-order valence-electron chi connectivity index (χ0n) is 22.1. The molecule has 2 aromatic rings. The van der Waals surface area contributed by atoms with Gasteiger partial charge >= 0.3 is 6.09 Å². The van der Waals surface area contributed by atoms with Gasteiger partial charge in [0, 0.05) is 13.1 Å². The van der Waals surface area contributed by atoms with Gasteiger partial charge in [-0.25, -0.2) is 4.79 Å². The van der Waals surface area contributed by atoms with E-state index in [2.05, 4.69) is 10.6 Å². The molecule has 196 valence electrons. The fourth-order valence-corrected chi connectivity index (χ4v) is 4.01. The molecule has 0 saturated heterocycles. The highest BCUT2D eigenvalue weighted by atomic mass is 16.6. The van der Waals surface area contributed by atoms with Crippen LogP contribution in [0, 0.1) is 13.8 Å². The van der Waals surface area contributed by atoms with Crippen molar-refractivity contribution in [1.82, 2.24) is 15.5 Å². The van der Waals surface area contributed by atoms with Crippen molar-refractivity contribution in [3.63, 3.8) is 0 Å². The summed E-state index contributed by atoms with van der Waals surface area (Å²) in [4.78, 5) is 41.2. The summed E-state index contributed by atoms with van der Waals surface area (Å²) in [6.07, 6.45) is -0.243. The predicted molar refractivity (Wildman–Crippen MR) is 139 cm³/mol.